The molecule has 270 valence electrons. The molecule has 0 spiro atoms. The molecule has 0 atom stereocenters. The van der Waals surface area contributed by atoms with Gasteiger partial charge in [-0.15, -0.1) is 0 Å². The quantitative estimate of drug-likeness (QED) is 0.169. The summed E-state index contributed by atoms with van der Waals surface area (Å²) in [6.45, 7) is 4.70. The number of benzene rings is 9. The molecule has 11 rings (SSSR count). The van der Waals surface area contributed by atoms with Crippen LogP contribution in [0.5, 0.6) is 0 Å². The van der Waals surface area contributed by atoms with Crippen LogP contribution in [0.25, 0.3) is 77.2 Å². The Morgan fingerprint density at radius 1 is 0.421 bits per heavy atom. The van der Waals surface area contributed by atoms with E-state index in [0.29, 0.717) is 0 Å². The van der Waals surface area contributed by atoms with E-state index < -0.39 is 0 Å². The van der Waals surface area contributed by atoms with Gasteiger partial charge in [-0.3, -0.25) is 0 Å². The highest BCUT2D eigenvalue weighted by molar-refractivity contribution is 6.22. The van der Waals surface area contributed by atoms with Gasteiger partial charge in [0.05, 0.1) is 11.1 Å². The Morgan fingerprint density at radius 2 is 0.982 bits per heavy atom. The smallest absolute Gasteiger partial charge is 0.143 e. The molecule has 0 aliphatic heterocycles. The first kappa shape index (κ1) is 33.2. The van der Waals surface area contributed by atoms with Crippen molar-refractivity contribution in [3.8, 4) is 44.5 Å². The van der Waals surface area contributed by atoms with E-state index in [4.69, 9.17) is 4.42 Å². The highest BCUT2D eigenvalue weighted by Crippen LogP contribution is 2.52. The number of hydrogen-bond acceptors (Lipinski definition) is 2. The van der Waals surface area contributed by atoms with Crippen molar-refractivity contribution < 1.29 is 4.42 Å². The molecule has 0 saturated heterocycles. The summed E-state index contributed by atoms with van der Waals surface area (Å²) in [6.07, 6.45) is 0. The largest absolute Gasteiger partial charge is 0.455 e. The first-order valence-electron chi connectivity index (χ1n) is 19.8. The first-order chi connectivity index (χ1) is 28.0. The van der Waals surface area contributed by atoms with Gasteiger partial charge >= 0.3 is 0 Å². The SMILES string of the molecule is CC1(C)c2ccccc2-c2ccc(-c3c4ccccc4cc4c3oc3cccc(N(c5ccc(-c6ccccc6)cc5)c5ccc(-c6ccccc6)cc5)c34)cc21. The summed E-state index contributed by atoms with van der Waals surface area (Å²) in [6, 6.07) is 72.4. The summed E-state index contributed by atoms with van der Waals surface area (Å²) in [7, 11) is 0. The Bertz CT molecular complexity index is 3040. The van der Waals surface area contributed by atoms with Crippen molar-refractivity contribution in [2.75, 3.05) is 4.90 Å². The third-order valence-electron chi connectivity index (χ3n) is 12.1. The van der Waals surface area contributed by atoms with Gasteiger partial charge in [-0.2, -0.15) is 0 Å². The molecule has 57 heavy (non-hydrogen) atoms. The third-order valence-corrected chi connectivity index (χ3v) is 12.1. The van der Waals surface area contributed by atoms with Crippen molar-refractivity contribution >= 4 is 49.8 Å². The molecule has 1 aliphatic carbocycles. The fraction of sp³-hybridized carbons (Fsp3) is 0.0545. The third kappa shape index (κ3) is 5.33. The van der Waals surface area contributed by atoms with Crippen LogP contribution in [-0.2, 0) is 5.41 Å². The van der Waals surface area contributed by atoms with Crippen molar-refractivity contribution in [3.05, 3.63) is 211 Å². The lowest BCUT2D eigenvalue weighted by Gasteiger charge is -2.26. The molecule has 0 N–H and O–H groups in total. The predicted octanol–water partition coefficient (Wildman–Crippen LogP) is 15.5. The molecule has 0 unspecified atom stereocenters. The standard InChI is InChI=1S/C55H39NO/c1-55(2)48-21-12-11-20-45(48)46-33-28-41(35-49(46)55)52-44-19-10-9-18-40(44)34-47-53-50(22-13-23-51(53)57-54(47)52)56(42-29-24-38(25-30-42)36-14-5-3-6-15-36)43-31-26-39(27-32-43)37-16-7-4-8-17-37/h3-35H,1-2H3. The average Bonchev–Trinajstić information content (AvgIpc) is 3.75. The fourth-order valence-corrected chi connectivity index (χ4v) is 9.23. The van der Waals surface area contributed by atoms with E-state index in [-0.39, 0.29) is 5.41 Å². The predicted molar refractivity (Wildman–Crippen MR) is 240 cm³/mol. The lowest BCUT2D eigenvalue weighted by Crippen LogP contribution is -2.14. The molecule has 0 fully saturated rings. The first-order valence-corrected chi connectivity index (χ1v) is 19.8. The molecule has 1 heterocycles. The number of furan rings is 1. The molecule has 1 aromatic heterocycles. The summed E-state index contributed by atoms with van der Waals surface area (Å²) >= 11 is 0. The lowest BCUT2D eigenvalue weighted by molar-refractivity contribution is 0.660. The zero-order chi connectivity index (χ0) is 38.1. The van der Waals surface area contributed by atoms with Gasteiger partial charge in [0.1, 0.15) is 11.2 Å². The molecule has 2 nitrogen and oxygen atoms in total. The molecule has 0 bridgehead atoms. The molecule has 0 radical (unpaired) electrons. The van der Waals surface area contributed by atoms with E-state index in [9.17, 15) is 0 Å². The summed E-state index contributed by atoms with van der Waals surface area (Å²) in [5.41, 5.74) is 17.3. The average molecular weight is 730 g/mol. The van der Waals surface area contributed by atoms with Gasteiger partial charge in [0.2, 0.25) is 0 Å². The van der Waals surface area contributed by atoms with Gasteiger partial charge < -0.3 is 9.32 Å². The van der Waals surface area contributed by atoms with E-state index >= 15 is 0 Å². The normalized spacial score (nSPS) is 12.9. The van der Waals surface area contributed by atoms with E-state index in [2.05, 4.69) is 219 Å². The summed E-state index contributed by atoms with van der Waals surface area (Å²) in [4.78, 5) is 2.38. The Hall–Kier alpha value is -7.16. The van der Waals surface area contributed by atoms with Crippen LogP contribution in [0.1, 0.15) is 25.0 Å². The number of hydrogen-bond donors (Lipinski definition) is 0. The van der Waals surface area contributed by atoms with Crippen LogP contribution in [0.15, 0.2) is 205 Å². The van der Waals surface area contributed by atoms with Crippen molar-refractivity contribution in [1.82, 2.24) is 0 Å². The minimum absolute atomic E-state index is 0.112. The number of anilines is 3. The van der Waals surface area contributed by atoms with Crippen LogP contribution in [0.3, 0.4) is 0 Å². The maximum absolute atomic E-state index is 7.07. The zero-order valence-electron chi connectivity index (χ0n) is 31.9. The number of fused-ring (bicyclic) bond motifs is 7. The van der Waals surface area contributed by atoms with Gasteiger partial charge in [-0.05, 0) is 109 Å². The second kappa shape index (κ2) is 13.0. The Morgan fingerprint density at radius 3 is 1.67 bits per heavy atom. The van der Waals surface area contributed by atoms with E-state index in [0.717, 1.165) is 44.6 Å². The van der Waals surface area contributed by atoms with Crippen molar-refractivity contribution in [2.45, 2.75) is 19.3 Å². The van der Waals surface area contributed by atoms with E-state index in [1.165, 1.54) is 60.8 Å². The molecule has 0 amide bonds. The van der Waals surface area contributed by atoms with Gasteiger partial charge in [0.15, 0.2) is 0 Å². The van der Waals surface area contributed by atoms with Crippen LogP contribution in [-0.4, -0.2) is 0 Å². The second-order valence-corrected chi connectivity index (χ2v) is 15.7. The highest BCUT2D eigenvalue weighted by Gasteiger charge is 2.35. The molecule has 1 aliphatic rings. The van der Waals surface area contributed by atoms with E-state index in [1.54, 1.807) is 0 Å². The van der Waals surface area contributed by atoms with Crippen LogP contribution in [0.2, 0.25) is 0 Å². The van der Waals surface area contributed by atoms with E-state index in [1.807, 2.05) is 0 Å². The van der Waals surface area contributed by atoms with Crippen LogP contribution in [0, 0.1) is 0 Å². The van der Waals surface area contributed by atoms with Gasteiger partial charge in [0.25, 0.3) is 0 Å². The molecule has 10 aromatic rings. The minimum Gasteiger partial charge on any atom is -0.455 e. The topological polar surface area (TPSA) is 16.4 Å². The number of rotatable bonds is 6. The minimum atomic E-state index is -0.112. The van der Waals surface area contributed by atoms with Crippen LogP contribution >= 0.6 is 0 Å². The Balaban J connectivity index is 1.13. The Kier molecular flexibility index (Phi) is 7.55. The molecule has 0 saturated carbocycles. The monoisotopic (exact) mass is 729 g/mol. The summed E-state index contributed by atoms with van der Waals surface area (Å²) < 4.78 is 7.07. The van der Waals surface area contributed by atoms with Gasteiger partial charge in [0, 0.05) is 27.7 Å². The van der Waals surface area contributed by atoms with Crippen LogP contribution in [0.4, 0.5) is 17.1 Å². The molecular weight excluding hydrogens is 691 g/mol. The van der Waals surface area contributed by atoms with Gasteiger partial charge in [-0.1, -0.05) is 166 Å². The van der Waals surface area contributed by atoms with Crippen molar-refractivity contribution in [1.29, 1.82) is 0 Å². The van der Waals surface area contributed by atoms with Gasteiger partial charge in [-0.25, -0.2) is 0 Å². The summed E-state index contributed by atoms with van der Waals surface area (Å²) in [5, 5.41) is 4.56. The van der Waals surface area contributed by atoms with Crippen molar-refractivity contribution in [3.63, 3.8) is 0 Å². The zero-order valence-corrected chi connectivity index (χ0v) is 31.9. The summed E-state index contributed by atoms with van der Waals surface area (Å²) in [5.74, 6) is 0. The van der Waals surface area contributed by atoms with Crippen molar-refractivity contribution in [2.24, 2.45) is 0 Å². The number of nitrogens with zero attached hydrogens (tertiary/aromatic N) is 1. The molecule has 9 aromatic carbocycles. The molecule has 2 heteroatoms. The fourth-order valence-electron chi connectivity index (χ4n) is 9.23. The maximum Gasteiger partial charge on any atom is 0.143 e. The maximum atomic E-state index is 7.07. The highest BCUT2D eigenvalue weighted by atomic mass is 16.3. The Labute approximate surface area is 332 Å². The lowest BCUT2D eigenvalue weighted by atomic mass is 9.81. The second-order valence-electron chi connectivity index (χ2n) is 15.7. The van der Waals surface area contributed by atoms with Crippen LogP contribution < -0.4 is 4.90 Å². The molecular formula is C55H39NO.